The lowest BCUT2D eigenvalue weighted by Gasteiger charge is -2.10. The summed E-state index contributed by atoms with van der Waals surface area (Å²) < 4.78 is 10.6. The van der Waals surface area contributed by atoms with Crippen LogP contribution < -0.4 is 20.1 Å². The maximum Gasteiger partial charge on any atom is 0.254 e. The zero-order chi connectivity index (χ0) is 19.5. The van der Waals surface area contributed by atoms with Gasteiger partial charge >= 0.3 is 0 Å². The predicted molar refractivity (Wildman–Crippen MR) is 105 cm³/mol. The molecule has 0 atom stereocenters. The Hall–Kier alpha value is -3.32. The summed E-state index contributed by atoms with van der Waals surface area (Å²) in [6.45, 7) is 2.48. The van der Waals surface area contributed by atoms with Crippen molar-refractivity contribution >= 4 is 29.1 Å². The molecule has 0 saturated heterocycles. The molecule has 2 N–H and O–H groups in total. The van der Waals surface area contributed by atoms with E-state index in [0.717, 1.165) is 16.8 Å². The second-order valence-electron chi connectivity index (χ2n) is 6.20. The lowest BCUT2D eigenvalue weighted by Crippen LogP contribution is -2.23. The quantitative estimate of drug-likeness (QED) is 0.681. The summed E-state index contributed by atoms with van der Waals surface area (Å²) in [5, 5.41) is 6.59. The number of fused-ring (bicyclic) bond motifs is 1. The van der Waals surface area contributed by atoms with E-state index >= 15 is 0 Å². The Morgan fingerprint density at radius 2 is 1.93 bits per heavy atom. The topological polar surface area (TPSA) is 85.4 Å². The molecular weight excluding hydrogens is 380 g/mol. The van der Waals surface area contributed by atoms with E-state index in [1.807, 2.05) is 43.3 Å². The Balaban J connectivity index is 1.38. The molecule has 3 aromatic rings. The fourth-order valence-electron chi connectivity index (χ4n) is 2.71. The number of rotatable bonds is 5. The molecule has 2 heterocycles. The molecule has 0 fully saturated rings. The molecule has 1 aromatic heterocycles. The zero-order valence-electron chi connectivity index (χ0n) is 15.0. The van der Waals surface area contributed by atoms with E-state index in [9.17, 15) is 4.79 Å². The minimum atomic E-state index is -0.261. The van der Waals surface area contributed by atoms with Gasteiger partial charge in [0, 0.05) is 29.6 Å². The maximum atomic E-state index is 12.3. The first-order valence-electron chi connectivity index (χ1n) is 8.61. The van der Waals surface area contributed by atoms with Crippen LogP contribution >= 0.6 is 11.6 Å². The average Bonchev–Trinajstić information content (AvgIpc) is 3.18. The number of halogens is 1. The van der Waals surface area contributed by atoms with Crippen LogP contribution in [0.3, 0.4) is 0 Å². The first-order chi connectivity index (χ1) is 13.6. The smallest absolute Gasteiger partial charge is 0.254 e. The van der Waals surface area contributed by atoms with Crippen molar-refractivity contribution in [2.75, 3.05) is 12.1 Å². The van der Waals surface area contributed by atoms with E-state index in [2.05, 4.69) is 20.6 Å². The minimum Gasteiger partial charge on any atom is -0.454 e. The Morgan fingerprint density at radius 3 is 2.75 bits per heavy atom. The fraction of sp³-hybridized carbons (Fsp3) is 0.150. The van der Waals surface area contributed by atoms with Crippen molar-refractivity contribution in [3.63, 3.8) is 0 Å². The number of ether oxygens (including phenoxy) is 2. The second-order valence-corrected chi connectivity index (χ2v) is 6.61. The van der Waals surface area contributed by atoms with Crippen LogP contribution in [0.25, 0.3) is 0 Å². The van der Waals surface area contributed by atoms with Gasteiger partial charge in [0.05, 0.1) is 5.56 Å². The monoisotopic (exact) mass is 396 g/mol. The third-order valence-corrected chi connectivity index (χ3v) is 4.73. The summed E-state index contributed by atoms with van der Waals surface area (Å²) in [6, 6.07) is 11.1. The van der Waals surface area contributed by atoms with Crippen molar-refractivity contribution in [2.24, 2.45) is 0 Å². The standard InChI is InChI=1S/C20H17ClN4O3/c1-12-15(21)3-2-4-16(12)25-20-23-9-14(10-24-20)19(26)22-8-13-5-6-17-18(7-13)28-11-27-17/h2-7,9-10H,8,11H2,1H3,(H,22,26)(H,23,24,25). The molecule has 8 heteroatoms. The van der Waals surface area contributed by atoms with E-state index < -0.39 is 0 Å². The van der Waals surface area contributed by atoms with Crippen molar-refractivity contribution in [1.82, 2.24) is 15.3 Å². The van der Waals surface area contributed by atoms with Gasteiger partial charge in [-0.1, -0.05) is 23.7 Å². The highest BCUT2D eigenvalue weighted by Gasteiger charge is 2.14. The molecule has 28 heavy (non-hydrogen) atoms. The molecule has 142 valence electrons. The van der Waals surface area contributed by atoms with E-state index in [4.69, 9.17) is 21.1 Å². The largest absolute Gasteiger partial charge is 0.454 e. The lowest BCUT2D eigenvalue weighted by atomic mass is 10.2. The van der Waals surface area contributed by atoms with Crippen LogP contribution in [-0.2, 0) is 6.54 Å². The molecule has 0 bridgehead atoms. The van der Waals surface area contributed by atoms with Crippen LogP contribution in [0, 0.1) is 6.92 Å². The number of carbonyl (C=O) groups excluding carboxylic acids is 1. The average molecular weight is 397 g/mol. The molecule has 0 radical (unpaired) electrons. The van der Waals surface area contributed by atoms with E-state index in [0.29, 0.717) is 34.6 Å². The van der Waals surface area contributed by atoms with Crippen LogP contribution in [-0.4, -0.2) is 22.7 Å². The number of nitrogens with zero attached hydrogens (tertiary/aromatic N) is 2. The molecule has 4 rings (SSSR count). The molecule has 7 nitrogen and oxygen atoms in total. The molecule has 0 unspecified atom stereocenters. The lowest BCUT2D eigenvalue weighted by molar-refractivity contribution is 0.0950. The normalized spacial score (nSPS) is 11.9. The Morgan fingerprint density at radius 1 is 1.14 bits per heavy atom. The maximum absolute atomic E-state index is 12.3. The first kappa shape index (κ1) is 18.1. The van der Waals surface area contributed by atoms with Gasteiger partial charge in [-0.05, 0) is 42.3 Å². The number of hydrogen-bond acceptors (Lipinski definition) is 6. The Kier molecular flexibility index (Phi) is 4.99. The number of benzene rings is 2. The van der Waals surface area contributed by atoms with Crippen molar-refractivity contribution in [1.29, 1.82) is 0 Å². The van der Waals surface area contributed by atoms with Gasteiger partial charge in [0.25, 0.3) is 5.91 Å². The summed E-state index contributed by atoms with van der Waals surface area (Å²) in [6.07, 6.45) is 2.95. The van der Waals surface area contributed by atoms with Gasteiger partial charge < -0.3 is 20.1 Å². The minimum absolute atomic E-state index is 0.220. The number of anilines is 2. The van der Waals surface area contributed by atoms with Crippen LogP contribution in [0.1, 0.15) is 21.5 Å². The number of nitrogens with one attached hydrogen (secondary N) is 2. The molecule has 0 aliphatic carbocycles. The van der Waals surface area contributed by atoms with Gasteiger partial charge in [0.1, 0.15) is 0 Å². The van der Waals surface area contributed by atoms with Gasteiger partial charge in [0.2, 0.25) is 12.7 Å². The molecule has 1 amide bonds. The third kappa shape index (κ3) is 3.84. The van der Waals surface area contributed by atoms with Crippen LogP contribution in [0.4, 0.5) is 11.6 Å². The number of carbonyl (C=O) groups is 1. The summed E-state index contributed by atoms with van der Waals surface area (Å²) in [5.41, 5.74) is 2.99. The van der Waals surface area contributed by atoms with Gasteiger partial charge in [-0.2, -0.15) is 0 Å². The van der Waals surface area contributed by atoms with Crippen molar-refractivity contribution < 1.29 is 14.3 Å². The SMILES string of the molecule is Cc1c(Cl)cccc1Nc1ncc(C(=O)NCc2ccc3c(c2)OCO3)cn1. The molecule has 0 spiro atoms. The Bertz CT molecular complexity index is 1020. The van der Waals surface area contributed by atoms with Crippen molar-refractivity contribution in [2.45, 2.75) is 13.5 Å². The summed E-state index contributed by atoms with van der Waals surface area (Å²) in [5.74, 6) is 1.52. The number of amides is 1. The Labute approximate surface area is 166 Å². The van der Waals surface area contributed by atoms with Crippen molar-refractivity contribution in [3.05, 3.63) is 70.5 Å². The molecule has 0 saturated carbocycles. The summed E-state index contributed by atoms with van der Waals surface area (Å²) >= 11 is 6.11. The zero-order valence-corrected chi connectivity index (χ0v) is 15.8. The van der Waals surface area contributed by atoms with Gasteiger partial charge in [-0.25, -0.2) is 9.97 Å². The van der Waals surface area contributed by atoms with Crippen LogP contribution in [0.15, 0.2) is 48.8 Å². The number of aromatic nitrogens is 2. The van der Waals surface area contributed by atoms with Gasteiger partial charge in [0.15, 0.2) is 11.5 Å². The van der Waals surface area contributed by atoms with Crippen LogP contribution in [0.5, 0.6) is 11.5 Å². The fourth-order valence-corrected chi connectivity index (χ4v) is 2.88. The number of hydrogen-bond donors (Lipinski definition) is 2. The third-order valence-electron chi connectivity index (χ3n) is 4.32. The van der Waals surface area contributed by atoms with E-state index in [1.54, 1.807) is 0 Å². The van der Waals surface area contributed by atoms with Crippen LogP contribution in [0.2, 0.25) is 5.02 Å². The molecule has 1 aliphatic heterocycles. The van der Waals surface area contributed by atoms with E-state index in [1.165, 1.54) is 12.4 Å². The molecular formula is C20H17ClN4O3. The highest BCUT2D eigenvalue weighted by Crippen LogP contribution is 2.32. The van der Waals surface area contributed by atoms with Gasteiger partial charge in [-0.3, -0.25) is 4.79 Å². The highest BCUT2D eigenvalue weighted by atomic mass is 35.5. The van der Waals surface area contributed by atoms with Gasteiger partial charge in [-0.15, -0.1) is 0 Å². The van der Waals surface area contributed by atoms with Crippen molar-refractivity contribution in [3.8, 4) is 11.5 Å². The second kappa shape index (κ2) is 7.74. The highest BCUT2D eigenvalue weighted by molar-refractivity contribution is 6.31. The first-order valence-corrected chi connectivity index (χ1v) is 8.99. The summed E-state index contributed by atoms with van der Waals surface area (Å²) in [7, 11) is 0. The predicted octanol–water partition coefficient (Wildman–Crippen LogP) is 3.84. The molecule has 1 aliphatic rings. The summed E-state index contributed by atoms with van der Waals surface area (Å²) in [4.78, 5) is 20.7. The molecule has 2 aromatic carbocycles. The van der Waals surface area contributed by atoms with E-state index in [-0.39, 0.29) is 12.7 Å².